The summed E-state index contributed by atoms with van der Waals surface area (Å²) in [4.78, 5) is 2.01. The highest BCUT2D eigenvalue weighted by Crippen LogP contribution is 2.60. The van der Waals surface area contributed by atoms with Gasteiger partial charge >= 0.3 is 0 Å². The molecule has 6 nitrogen and oxygen atoms in total. The summed E-state index contributed by atoms with van der Waals surface area (Å²) in [5, 5.41) is 4.12. The molecule has 192 valence electrons. The van der Waals surface area contributed by atoms with Crippen molar-refractivity contribution in [3.63, 3.8) is 0 Å². The molecule has 0 spiro atoms. The summed E-state index contributed by atoms with van der Waals surface area (Å²) in [7, 11) is 3.57. The summed E-state index contributed by atoms with van der Waals surface area (Å²) < 4.78 is 32.6. The zero-order valence-corrected chi connectivity index (χ0v) is 22.5. The molecule has 0 amide bonds. The van der Waals surface area contributed by atoms with Gasteiger partial charge < -0.3 is 24.2 Å². The molecule has 0 saturated heterocycles. The van der Waals surface area contributed by atoms with Crippen LogP contribution in [-0.2, 0) is 15.7 Å². The summed E-state index contributed by atoms with van der Waals surface area (Å²) in [6.45, 7) is 0.202. The molecule has 37 heavy (non-hydrogen) atoms. The second-order valence-corrected chi connectivity index (χ2v) is 11.3. The Balaban J connectivity index is 1.85. The van der Waals surface area contributed by atoms with Gasteiger partial charge in [0.15, 0.2) is 11.5 Å². The minimum absolute atomic E-state index is 0.202. The van der Waals surface area contributed by atoms with E-state index in [1.165, 1.54) is 0 Å². The zero-order chi connectivity index (χ0) is 26.3. The first-order valence-corrected chi connectivity index (χ1v) is 13.7. The van der Waals surface area contributed by atoms with Crippen LogP contribution in [0, 0.1) is 0 Å². The molecular formula is C30H33N2O4P. The van der Waals surface area contributed by atoms with Gasteiger partial charge in [-0.3, -0.25) is 4.57 Å². The monoisotopic (exact) mass is 516 g/mol. The fourth-order valence-corrected chi connectivity index (χ4v) is 6.45. The van der Waals surface area contributed by atoms with Crippen LogP contribution in [0.2, 0.25) is 0 Å². The Labute approximate surface area is 219 Å². The van der Waals surface area contributed by atoms with Crippen molar-refractivity contribution in [3.05, 3.63) is 114 Å². The van der Waals surface area contributed by atoms with Gasteiger partial charge in [-0.2, -0.15) is 0 Å². The second kappa shape index (κ2) is 12.0. The minimum Gasteiger partial charge on any atom is -0.493 e. The van der Waals surface area contributed by atoms with E-state index in [9.17, 15) is 0 Å². The maximum absolute atomic E-state index is 15.2. The van der Waals surface area contributed by atoms with Crippen molar-refractivity contribution in [2.75, 3.05) is 38.5 Å². The average molecular weight is 517 g/mol. The zero-order valence-electron chi connectivity index (χ0n) is 21.6. The van der Waals surface area contributed by atoms with E-state index in [-0.39, 0.29) is 6.61 Å². The maximum Gasteiger partial charge on any atom is 0.258 e. The van der Waals surface area contributed by atoms with E-state index in [0.29, 0.717) is 16.8 Å². The predicted octanol–water partition coefficient (Wildman–Crippen LogP) is 6.70. The van der Waals surface area contributed by atoms with Gasteiger partial charge in [0.2, 0.25) is 0 Å². The largest absolute Gasteiger partial charge is 0.493 e. The molecule has 4 aromatic rings. The standard InChI is InChI=1S/C30H33N2O4P/c1-32(2)26-16-18-27(19-17-26)37(33,36-22-23-11-7-5-8-12-23)30(31-25-13-9-6-10-14-25)24-15-20-28(34-3)29(21-24)35-4/h5-21,30-31H,22H2,1-4H3. The average Bonchev–Trinajstić information content (AvgIpc) is 2.95. The maximum atomic E-state index is 15.2. The molecule has 0 fully saturated rings. The number of hydrogen-bond donors (Lipinski definition) is 1. The molecule has 4 rings (SSSR count). The SMILES string of the molecule is COc1ccc(C(Nc2ccccc2)P(=O)(OCc2ccccc2)c2ccc(N(C)C)cc2)cc1OC. The molecular weight excluding hydrogens is 483 g/mol. The molecule has 0 bridgehead atoms. The number of benzene rings is 4. The van der Waals surface area contributed by atoms with Gasteiger partial charge in [0.1, 0.15) is 5.78 Å². The topological polar surface area (TPSA) is 60.0 Å². The fourth-order valence-electron chi connectivity index (χ4n) is 4.08. The van der Waals surface area contributed by atoms with Crippen LogP contribution in [0.1, 0.15) is 16.9 Å². The number of nitrogens with zero attached hydrogens (tertiary/aromatic N) is 1. The third kappa shape index (κ3) is 6.16. The van der Waals surface area contributed by atoms with Gasteiger partial charge in [0.05, 0.1) is 20.8 Å². The molecule has 2 unspecified atom stereocenters. The lowest BCUT2D eigenvalue weighted by Gasteiger charge is -2.30. The molecule has 1 N–H and O–H groups in total. The van der Waals surface area contributed by atoms with E-state index >= 15 is 4.57 Å². The normalized spacial score (nSPS) is 13.3. The smallest absolute Gasteiger partial charge is 0.258 e. The molecule has 4 aromatic carbocycles. The quantitative estimate of drug-likeness (QED) is 0.224. The van der Waals surface area contributed by atoms with E-state index < -0.39 is 13.2 Å². The molecule has 2 atom stereocenters. The lowest BCUT2D eigenvalue weighted by Crippen LogP contribution is -2.21. The summed E-state index contributed by atoms with van der Waals surface area (Å²) in [5.74, 6) is 0.459. The van der Waals surface area contributed by atoms with Crippen molar-refractivity contribution in [2.45, 2.75) is 12.4 Å². The number of para-hydroxylation sites is 1. The Hall–Kier alpha value is -3.73. The van der Waals surface area contributed by atoms with E-state index in [0.717, 1.165) is 22.5 Å². The number of rotatable bonds is 11. The Bertz CT molecular complexity index is 1330. The van der Waals surface area contributed by atoms with Crippen molar-refractivity contribution >= 4 is 24.0 Å². The summed E-state index contributed by atoms with van der Waals surface area (Å²) in [5.41, 5.74) is 3.54. The van der Waals surface area contributed by atoms with Gasteiger partial charge in [0.25, 0.3) is 7.37 Å². The number of anilines is 2. The number of nitrogens with one attached hydrogen (secondary N) is 1. The third-order valence-corrected chi connectivity index (χ3v) is 8.77. The van der Waals surface area contributed by atoms with Gasteiger partial charge in [-0.1, -0.05) is 54.6 Å². The lowest BCUT2D eigenvalue weighted by molar-refractivity contribution is 0.305. The Kier molecular flexibility index (Phi) is 8.54. The highest BCUT2D eigenvalue weighted by molar-refractivity contribution is 7.67. The van der Waals surface area contributed by atoms with Crippen molar-refractivity contribution in [1.82, 2.24) is 0 Å². The number of ether oxygens (including phenoxy) is 2. The lowest BCUT2D eigenvalue weighted by atomic mass is 10.2. The first kappa shape index (κ1) is 26.3. The molecule has 0 aliphatic heterocycles. The Morgan fingerprint density at radius 2 is 1.41 bits per heavy atom. The Morgan fingerprint density at radius 3 is 2.00 bits per heavy atom. The molecule has 0 saturated carbocycles. The van der Waals surface area contributed by atoms with Crippen LogP contribution in [0.4, 0.5) is 11.4 Å². The number of methoxy groups -OCH3 is 2. The van der Waals surface area contributed by atoms with Gasteiger partial charge in [0, 0.05) is 30.8 Å². The highest BCUT2D eigenvalue weighted by Gasteiger charge is 2.38. The van der Waals surface area contributed by atoms with Crippen molar-refractivity contribution in [3.8, 4) is 11.5 Å². The van der Waals surface area contributed by atoms with E-state index in [1.54, 1.807) is 14.2 Å². The molecule has 7 heteroatoms. The molecule has 0 heterocycles. The van der Waals surface area contributed by atoms with Gasteiger partial charge in [-0.05, 0) is 59.7 Å². The summed E-state index contributed by atoms with van der Waals surface area (Å²) >= 11 is 0. The van der Waals surface area contributed by atoms with Crippen LogP contribution >= 0.6 is 7.37 Å². The van der Waals surface area contributed by atoms with Gasteiger partial charge in [-0.25, -0.2) is 0 Å². The first-order chi connectivity index (χ1) is 17.9. The molecule has 0 radical (unpaired) electrons. The first-order valence-electron chi connectivity index (χ1n) is 12.0. The molecule has 0 aliphatic rings. The van der Waals surface area contributed by atoms with Crippen LogP contribution in [0.25, 0.3) is 0 Å². The van der Waals surface area contributed by atoms with Crippen molar-refractivity contribution in [1.29, 1.82) is 0 Å². The van der Waals surface area contributed by atoms with Crippen LogP contribution < -0.4 is 25.0 Å². The summed E-state index contributed by atoms with van der Waals surface area (Å²) in [6.07, 6.45) is 0. The van der Waals surface area contributed by atoms with Crippen molar-refractivity contribution < 1.29 is 18.6 Å². The summed E-state index contributed by atoms with van der Waals surface area (Å²) in [6, 6.07) is 32.8. The predicted molar refractivity (Wildman–Crippen MR) is 152 cm³/mol. The van der Waals surface area contributed by atoms with Crippen LogP contribution in [0.3, 0.4) is 0 Å². The van der Waals surface area contributed by atoms with Crippen LogP contribution in [0.5, 0.6) is 11.5 Å². The van der Waals surface area contributed by atoms with E-state index in [1.807, 2.05) is 122 Å². The molecule has 0 aliphatic carbocycles. The van der Waals surface area contributed by atoms with Crippen LogP contribution in [-0.4, -0.2) is 28.3 Å². The van der Waals surface area contributed by atoms with Crippen molar-refractivity contribution in [2.24, 2.45) is 0 Å². The second-order valence-electron chi connectivity index (χ2n) is 8.79. The highest BCUT2D eigenvalue weighted by atomic mass is 31.2. The fraction of sp³-hybridized carbons (Fsp3) is 0.200. The molecule has 0 aromatic heterocycles. The Morgan fingerprint density at radius 1 is 0.784 bits per heavy atom. The van der Waals surface area contributed by atoms with Crippen LogP contribution in [0.15, 0.2) is 103 Å². The van der Waals surface area contributed by atoms with Gasteiger partial charge in [-0.15, -0.1) is 0 Å². The minimum atomic E-state index is -3.56. The van der Waals surface area contributed by atoms with E-state index in [2.05, 4.69) is 5.32 Å². The third-order valence-electron chi connectivity index (χ3n) is 6.13. The van der Waals surface area contributed by atoms with E-state index in [4.69, 9.17) is 14.0 Å². The number of hydrogen-bond acceptors (Lipinski definition) is 6.